The highest BCUT2D eigenvalue weighted by atomic mass is 19.1. The summed E-state index contributed by atoms with van der Waals surface area (Å²) >= 11 is 0. The van der Waals surface area contributed by atoms with Gasteiger partial charge in [-0.15, -0.1) is 0 Å². The van der Waals surface area contributed by atoms with E-state index in [0.717, 1.165) is 5.56 Å². The molecule has 1 atom stereocenters. The molecule has 0 fully saturated rings. The summed E-state index contributed by atoms with van der Waals surface area (Å²) in [5.74, 6) is 0.650. The van der Waals surface area contributed by atoms with Crippen LogP contribution in [-0.4, -0.2) is 14.2 Å². The Labute approximate surface area is 84.1 Å². The first kappa shape index (κ1) is 11.0. The number of halogens is 1. The van der Waals surface area contributed by atoms with Crippen LogP contribution < -0.4 is 10.1 Å². The van der Waals surface area contributed by atoms with E-state index in [0.29, 0.717) is 17.9 Å². The van der Waals surface area contributed by atoms with Crippen LogP contribution in [0.4, 0.5) is 4.39 Å². The van der Waals surface area contributed by atoms with Crippen molar-refractivity contribution in [2.45, 2.75) is 19.6 Å². The molecule has 0 bridgehead atoms. The zero-order valence-corrected chi connectivity index (χ0v) is 8.80. The van der Waals surface area contributed by atoms with Gasteiger partial charge in [-0.2, -0.15) is 0 Å². The average molecular weight is 197 g/mol. The fourth-order valence-corrected chi connectivity index (χ4v) is 1.50. The monoisotopic (exact) mass is 197 g/mol. The smallest absolute Gasteiger partial charge is 0.129 e. The number of benzene rings is 1. The number of nitrogens with one attached hydrogen (secondary N) is 1. The maximum absolute atomic E-state index is 13.2. The number of hydrogen-bond acceptors (Lipinski definition) is 2. The van der Waals surface area contributed by atoms with Crippen LogP contribution in [0.1, 0.15) is 24.2 Å². The molecule has 0 heterocycles. The average Bonchev–Trinajstić information content (AvgIpc) is 2.18. The second-order valence-electron chi connectivity index (χ2n) is 3.19. The van der Waals surface area contributed by atoms with E-state index in [1.54, 1.807) is 13.2 Å². The summed E-state index contributed by atoms with van der Waals surface area (Å²) in [5, 5.41) is 3.02. The maximum Gasteiger partial charge on any atom is 0.129 e. The molecule has 1 N–H and O–H groups in total. The molecule has 3 heteroatoms. The van der Waals surface area contributed by atoms with Gasteiger partial charge in [0, 0.05) is 17.7 Å². The van der Waals surface area contributed by atoms with Gasteiger partial charge in [0.1, 0.15) is 11.9 Å². The topological polar surface area (TPSA) is 21.3 Å². The maximum atomic E-state index is 13.2. The summed E-state index contributed by atoms with van der Waals surface area (Å²) in [7, 11) is 3.42. The van der Waals surface area contributed by atoms with Crippen molar-refractivity contribution >= 4 is 0 Å². The van der Waals surface area contributed by atoms with E-state index in [9.17, 15) is 4.39 Å². The number of rotatable bonds is 4. The van der Waals surface area contributed by atoms with Crippen molar-refractivity contribution in [1.29, 1.82) is 0 Å². The number of hydrogen-bond donors (Lipinski definition) is 1. The molecule has 1 unspecified atom stereocenters. The number of ether oxygens (including phenoxy) is 1. The summed E-state index contributed by atoms with van der Waals surface area (Å²) in [6.45, 7) is 2.20. The van der Waals surface area contributed by atoms with Gasteiger partial charge in [-0.3, -0.25) is 0 Å². The first-order valence-electron chi connectivity index (χ1n) is 4.65. The predicted molar refractivity (Wildman–Crippen MR) is 55.3 cm³/mol. The third-order valence-electron chi connectivity index (χ3n) is 2.13. The first-order chi connectivity index (χ1) is 6.70. The Kier molecular flexibility index (Phi) is 3.89. The van der Waals surface area contributed by atoms with Crippen LogP contribution in [-0.2, 0) is 6.54 Å². The van der Waals surface area contributed by atoms with Crippen LogP contribution in [0.15, 0.2) is 18.2 Å². The Morgan fingerprint density at radius 2 is 2.21 bits per heavy atom. The number of alkyl halides is 1. The van der Waals surface area contributed by atoms with E-state index in [2.05, 4.69) is 5.32 Å². The quantitative estimate of drug-likeness (QED) is 0.800. The third kappa shape index (κ3) is 2.23. The van der Waals surface area contributed by atoms with Crippen molar-refractivity contribution in [3.05, 3.63) is 29.3 Å². The summed E-state index contributed by atoms with van der Waals surface area (Å²) in [6, 6.07) is 5.53. The Bertz CT molecular complexity index is 299. The molecule has 0 saturated heterocycles. The minimum atomic E-state index is -0.998. The second-order valence-corrected chi connectivity index (χ2v) is 3.19. The molecule has 2 nitrogen and oxygen atoms in total. The van der Waals surface area contributed by atoms with Crippen molar-refractivity contribution in [2.24, 2.45) is 0 Å². The van der Waals surface area contributed by atoms with Gasteiger partial charge in [-0.1, -0.05) is 18.2 Å². The van der Waals surface area contributed by atoms with Gasteiger partial charge in [0.05, 0.1) is 7.11 Å². The molecular weight excluding hydrogens is 181 g/mol. The molecule has 0 aliphatic heterocycles. The van der Waals surface area contributed by atoms with E-state index >= 15 is 0 Å². The van der Waals surface area contributed by atoms with E-state index in [1.165, 1.54) is 6.92 Å². The molecule has 0 saturated carbocycles. The minimum absolute atomic E-state index is 0.611. The van der Waals surface area contributed by atoms with Crippen LogP contribution in [0.2, 0.25) is 0 Å². The van der Waals surface area contributed by atoms with Crippen LogP contribution in [0.3, 0.4) is 0 Å². The van der Waals surface area contributed by atoms with Gasteiger partial charge in [0.2, 0.25) is 0 Å². The molecular formula is C11H16FNO. The first-order valence-corrected chi connectivity index (χ1v) is 4.65. The van der Waals surface area contributed by atoms with E-state index < -0.39 is 6.17 Å². The zero-order valence-electron chi connectivity index (χ0n) is 8.80. The van der Waals surface area contributed by atoms with Gasteiger partial charge in [-0.25, -0.2) is 4.39 Å². The Morgan fingerprint density at radius 1 is 1.50 bits per heavy atom. The normalized spacial score (nSPS) is 12.6. The molecule has 0 amide bonds. The zero-order chi connectivity index (χ0) is 10.6. The van der Waals surface area contributed by atoms with Gasteiger partial charge in [-0.05, 0) is 14.0 Å². The van der Waals surface area contributed by atoms with Crippen LogP contribution >= 0.6 is 0 Å². The van der Waals surface area contributed by atoms with Gasteiger partial charge >= 0.3 is 0 Å². The summed E-state index contributed by atoms with van der Waals surface area (Å²) in [5.41, 5.74) is 1.59. The van der Waals surface area contributed by atoms with Crippen molar-refractivity contribution in [3.63, 3.8) is 0 Å². The molecule has 14 heavy (non-hydrogen) atoms. The van der Waals surface area contributed by atoms with Gasteiger partial charge in [0.25, 0.3) is 0 Å². The van der Waals surface area contributed by atoms with E-state index in [4.69, 9.17) is 4.74 Å². The van der Waals surface area contributed by atoms with E-state index in [1.807, 2.05) is 19.2 Å². The molecule has 0 spiro atoms. The lowest BCUT2D eigenvalue weighted by molar-refractivity contribution is 0.344. The molecule has 78 valence electrons. The highest BCUT2D eigenvalue weighted by Gasteiger charge is 2.12. The number of methoxy groups -OCH3 is 1. The molecule has 0 aromatic heterocycles. The Morgan fingerprint density at radius 3 is 2.71 bits per heavy atom. The Hall–Kier alpha value is -1.09. The molecule has 1 rings (SSSR count). The predicted octanol–water partition coefficient (Wildman–Crippen LogP) is 2.45. The van der Waals surface area contributed by atoms with Crippen molar-refractivity contribution in [1.82, 2.24) is 5.32 Å². The standard InChI is InChI=1S/C11H16FNO/c1-8(12)10-6-4-5-9(7-13-2)11(10)14-3/h4-6,8,13H,7H2,1-3H3. The molecule has 1 aromatic rings. The summed E-state index contributed by atoms with van der Waals surface area (Å²) in [6.07, 6.45) is -0.998. The van der Waals surface area contributed by atoms with Gasteiger partial charge < -0.3 is 10.1 Å². The lowest BCUT2D eigenvalue weighted by Crippen LogP contribution is -2.08. The van der Waals surface area contributed by atoms with Crippen LogP contribution in [0.5, 0.6) is 5.75 Å². The molecule has 0 aliphatic carbocycles. The van der Waals surface area contributed by atoms with Gasteiger partial charge in [0.15, 0.2) is 0 Å². The molecule has 0 aliphatic rings. The summed E-state index contributed by atoms with van der Waals surface area (Å²) < 4.78 is 18.4. The Balaban J connectivity index is 3.11. The fourth-order valence-electron chi connectivity index (χ4n) is 1.50. The second kappa shape index (κ2) is 4.96. The highest BCUT2D eigenvalue weighted by molar-refractivity contribution is 5.42. The lowest BCUT2D eigenvalue weighted by Gasteiger charge is -2.13. The third-order valence-corrected chi connectivity index (χ3v) is 2.13. The van der Waals surface area contributed by atoms with Crippen LogP contribution in [0.25, 0.3) is 0 Å². The number of para-hydroxylation sites is 1. The SMILES string of the molecule is CNCc1cccc(C(C)F)c1OC. The van der Waals surface area contributed by atoms with Crippen molar-refractivity contribution in [2.75, 3.05) is 14.2 Å². The lowest BCUT2D eigenvalue weighted by atomic mass is 10.1. The minimum Gasteiger partial charge on any atom is -0.496 e. The molecule has 0 radical (unpaired) electrons. The van der Waals surface area contributed by atoms with Crippen molar-refractivity contribution < 1.29 is 9.13 Å². The van der Waals surface area contributed by atoms with Crippen molar-refractivity contribution in [3.8, 4) is 5.75 Å². The van der Waals surface area contributed by atoms with Crippen LogP contribution in [0, 0.1) is 0 Å². The molecule has 1 aromatic carbocycles. The van der Waals surface area contributed by atoms with E-state index in [-0.39, 0.29) is 0 Å². The highest BCUT2D eigenvalue weighted by Crippen LogP contribution is 2.30. The fraction of sp³-hybridized carbons (Fsp3) is 0.455. The summed E-state index contributed by atoms with van der Waals surface area (Å²) in [4.78, 5) is 0. The largest absolute Gasteiger partial charge is 0.496 e.